The van der Waals surface area contributed by atoms with Crippen molar-refractivity contribution in [2.24, 2.45) is 4.99 Å². The van der Waals surface area contributed by atoms with Crippen LogP contribution < -0.4 is 0 Å². The smallest absolute Gasteiger partial charge is 0.338 e. The molecule has 0 bridgehead atoms. The van der Waals surface area contributed by atoms with E-state index in [1.165, 1.54) is 11.8 Å². The third-order valence-corrected chi connectivity index (χ3v) is 7.66. The monoisotopic (exact) mass is 520 g/mol. The van der Waals surface area contributed by atoms with Crippen molar-refractivity contribution in [3.8, 4) is 11.1 Å². The minimum atomic E-state index is -0.525. The van der Waals surface area contributed by atoms with Gasteiger partial charge in [-0.2, -0.15) is 0 Å². The Labute approximate surface area is 218 Å². The lowest BCUT2D eigenvalue weighted by Crippen LogP contribution is -2.36. The Morgan fingerprint density at radius 2 is 1.66 bits per heavy atom. The number of rotatable bonds is 5. The highest BCUT2D eigenvalue weighted by atomic mass is 35.5. The second-order valence-electron chi connectivity index (χ2n) is 8.09. The maximum atomic E-state index is 13.1. The van der Waals surface area contributed by atoms with Gasteiger partial charge in [-0.25, -0.2) is 9.79 Å². The zero-order valence-corrected chi connectivity index (χ0v) is 21.5. The fourth-order valence-electron chi connectivity index (χ4n) is 4.35. The maximum Gasteiger partial charge on any atom is 0.338 e. The van der Waals surface area contributed by atoms with Crippen molar-refractivity contribution in [3.05, 3.63) is 111 Å². The van der Waals surface area contributed by atoms with E-state index in [0.717, 1.165) is 33.1 Å². The molecule has 7 heteroatoms. The molecule has 0 radical (unpaired) electrons. The summed E-state index contributed by atoms with van der Waals surface area (Å²) in [6.45, 7) is 3.88. The molecule has 0 aromatic heterocycles. The van der Waals surface area contributed by atoms with Gasteiger partial charge in [-0.3, -0.25) is 0 Å². The van der Waals surface area contributed by atoms with E-state index in [0.29, 0.717) is 21.3 Å². The highest BCUT2D eigenvalue weighted by Gasteiger charge is 2.42. The van der Waals surface area contributed by atoms with Gasteiger partial charge in [0.2, 0.25) is 0 Å². The zero-order chi connectivity index (χ0) is 24.5. The number of carbonyl (C=O) groups is 1. The summed E-state index contributed by atoms with van der Waals surface area (Å²) in [6, 6.07) is 23.6. The van der Waals surface area contributed by atoms with Crippen molar-refractivity contribution in [2.45, 2.75) is 19.9 Å². The first-order valence-electron chi connectivity index (χ1n) is 11.2. The number of carbonyl (C=O) groups excluding carboxylic acids is 1. The summed E-state index contributed by atoms with van der Waals surface area (Å²) in [6.07, 6.45) is 0. The van der Waals surface area contributed by atoms with E-state index in [9.17, 15) is 4.79 Å². The molecule has 0 amide bonds. The lowest BCUT2D eigenvalue weighted by molar-refractivity contribution is -0.139. The summed E-state index contributed by atoms with van der Waals surface area (Å²) >= 11 is 14.6. The zero-order valence-electron chi connectivity index (χ0n) is 19.2. The molecule has 3 aromatic carbocycles. The minimum Gasteiger partial charge on any atom is -0.463 e. The van der Waals surface area contributed by atoms with Gasteiger partial charge in [0.05, 0.1) is 39.7 Å². The van der Waals surface area contributed by atoms with Crippen LogP contribution in [0.25, 0.3) is 16.8 Å². The van der Waals surface area contributed by atoms with Crippen molar-refractivity contribution in [3.63, 3.8) is 0 Å². The standard InChI is InChI=1S/C28H22Cl2N2O2S/c1-3-34-27(33)24-17(2)31-28-32(26(24)21-10-7-11-22(29)25(21)30)23(16-35-28)20-14-12-19(13-15-20)18-8-5-4-6-9-18/h4-16,26H,3H2,1-2H3/t26-/m0/s1. The Bertz CT molecular complexity index is 1380. The molecular formula is C28H22Cl2N2O2S. The Balaban J connectivity index is 1.60. The van der Waals surface area contributed by atoms with Crippen LogP contribution in [0.4, 0.5) is 0 Å². The van der Waals surface area contributed by atoms with Crippen molar-refractivity contribution in [2.75, 3.05) is 6.61 Å². The summed E-state index contributed by atoms with van der Waals surface area (Å²) in [5.41, 5.74) is 6.01. The number of aliphatic imine (C=N–C) groups is 1. The lowest BCUT2D eigenvalue weighted by atomic mass is 9.93. The number of benzene rings is 3. The van der Waals surface area contributed by atoms with Crippen molar-refractivity contribution < 1.29 is 9.53 Å². The number of amidine groups is 1. The minimum absolute atomic E-state index is 0.264. The first kappa shape index (κ1) is 23.7. The van der Waals surface area contributed by atoms with Gasteiger partial charge in [-0.1, -0.05) is 102 Å². The van der Waals surface area contributed by atoms with E-state index in [1.54, 1.807) is 13.0 Å². The number of esters is 1. The van der Waals surface area contributed by atoms with E-state index in [-0.39, 0.29) is 6.61 Å². The summed E-state index contributed by atoms with van der Waals surface area (Å²) in [5, 5.41) is 3.67. The van der Waals surface area contributed by atoms with Gasteiger partial charge in [0, 0.05) is 5.41 Å². The molecule has 3 aromatic rings. The molecule has 0 spiro atoms. The average Bonchev–Trinajstić information content (AvgIpc) is 3.29. The molecule has 0 saturated carbocycles. The average molecular weight is 521 g/mol. The SMILES string of the molecule is CCOC(=O)C1=C(C)N=C2SC=C(c3ccc(-c4ccccc4)cc3)N2[C@H]1c1cccc(Cl)c1Cl. The molecule has 5 rings (SSSR count). The normalized spacial score (nSPS) is 17.1. The number of ether oxygens (including phenoxy) is 1. The molecule has 2 aliphatic heterocycles. The molecule has 1 atom stereocenters. The van der Waals surface area contributed by atoms with Crippen LogP contribution in [0.3, 0.4) is 0 Å². The number of nitrogens with zero attached hydrogens (tertiary/aromatic N) is 2. The number of allylic oxidation sites excluding steroid dienone is 1. The van der Waals surface area contributed by atoms with E-state index in [2.05, 4.69) is 46.7 Å². The predicted octanol–water partition coefficient (Wildman–Crippen LogP) is 7.96. The van der Waals surface area contributed by atoms with Gasteiger partial charge in [0.1, 0.15) is 0 Å². The molecule has 0 aliphatic carbocycles. The first-order chi connectivity index (χ1) is 17.0. The third-order valence-electron chi connectivity index (χ3n) is 5.99. The van der Waals surface area contributed by atoms with Crippen LogP contribution in [-0.2, 0) is 9.53 Å². The van der Waals surface area contributed by atoms with Gasteiger partial charge in [0.25, 0.3) is 0 Å². The Morgan fingerprint density at radius 3 is 2.37 bits per heavy atom. The molecule has 0 saturated heterocycles. The molecule has 176 valence electrons. The summed E-state index contributed by atoms with van der Waals surface area (Å²) < 4.78 is 5.43. The van der Waals surface area contributed by atoms with Gasteiger partial charge < -0.3 is 9.64 Å². The number of fused-ring (bicyclic) bond motifs is 1. The van der Waals surface area contributed by atoms with Crippen LogP contribution >= 0.6 is 35.0 Å². The van der Waals surface area contributed by atoms with E-state index in [4.69, 9.17) is 32.9 Å². The summed E-state index contributed by atoms with van der Waals surface area (Å²) in [7, 11) is 0. The Morgan fingerprint density at radius 1 is 0.971 bits per heavy atom. The quantitative estimate of drug-likeness (QED) is 0.320. The highest BCUT2D eigenvalue weighted by molar-refractivity contribution is 8.16. The topological polar surface area (TPSA) is 41.9 Å². The highest BCUT2D eigenvalue weighted by Crippen LogP contribution is 2.49. The molecule has 2 heterocycles. The molecular weight excluding hydrogens is 499 g/mol. The predicted molar refractivity (Wildman–Crippen MR) is 145 cm³/mol. The van der Waals surface area contributed by atoms with E-state index >= 15 is 0 Å². The number of hydrogen-bond donors (Lipinski definition) is 0. The van der Waals surface area contributed by atoms with Crippen LogP contribution in [0.15, 0.2) is 94.5 Å². The molecule has 0 unspecified atom stereocenters. The van der Waals surface area contributed by atoms with Crippen LogP contribution in [0.5, 0.6) is 0 Å². The number of halogens is 2. The van der Waals surface area contributed by atoms with Crippen LogP contribution in [0.2, 0.25) is 10.0 Å². The van der Waals surface area contributed by atoms with Gasteiger partial charge in [-0.15, -0.1) is 0 Å². The van der Waals surface area contributed by atoms with Gasteiger partial charge in [0.15, 0.2) is 5.17 Å². The second kappa shape index (κ2) is 9.94. The molecule has 2 aliphatic rings. The van der Waals surface area contributed by atoms with Gasteiger partial charge >= 0.3 is 5.97 Å². The van der Waals surface area contributed by atoms with Gasteiger partial charge in [-0.05, 0) is 42.2 Å². The molecule has 35 heavy (non-hydrogen) atoms. The molecule has 4 nitrogen and oxygen atoms in total. The molecule has 0 fully saturated rings. The van der Waals surface area contributed by atoms with Crippen LogP contribution in [0.1, 0.15) is 31.0 Å². The van der Waals surface area contributed by atoms with Crippen LogP contribution in [-0.4, -0.2) is 22.6 Å². The fraction of sp³-hybridized carbons (Fsp3) is 0.143. The third kappa shape index (κ3) is 4.40. The summed E-state index contributed by atoms with van der Waals surface area (Å²) in [4.78, 5) is 20.0. The maximum absolute atomic E-state index is 13.1. The number of thioether (sulfide) groups is 1. The molecule has 0 N–H and O–H groups in total. The van der Waals surface area contributed by atoms with Crippen molar-refractivity contribution >= 4 is 51.8 Å². The van der Waals surface area contributed by atoms with E-state index in [1.807, 2.05) is 37.3 Å². The second-order valence-corrected chi connectivity index (χ2v) is 9.72. The fourth-order valence-corrected chi connectivity index (χ4v) is 5.74. The van der Waals surface area contributed by atoms with E-state index < -0.39 is 12.0 Å². The number of hydrogen-bond acceptors (Lipinski definition) is 5. The Kier molecular flexibility index (Phi) is 6.74. The summed E-state index contributed by atoms with van der Waals surface area (Å²) in [5.74, 6) is -0.412. The first-order valence-corrected chi connectivity index (χ1v) is 12.9. The Hall–Kier alpha value is -2.99. The van der Waals surface area contributed by atoms with Crippen molar-refractivity contribution in [1.82, 2.24) is 4.90 Å². The van der Waals surface area contributed by atoms with Crippen molar-refractivity contribution in [1.29, 1.82) is 0 Å². The largest absolute Gasteiger partial charge is 0.463 e. The lowest BCUT2D eigenvalue weighted by Gasteiger charge is -2.36. The van der Waals surface area contributed by atoms with Crippen LogP contribution in [0, 0.1) is 0 Å².